The summed E-state index contributed by atoms with van der Waals surface area (Å²) in [6, 6.07) is 0. The zero-order valence-corrected chi connectivity index (χ0v) is 6.33. The van der Waals surface area contributed by atoms with Gasteiger partial charge in [0.25, 0.3) is 0 Å². The lowest BCUT2D eigenvalue weighted by Gasteiger charge is -2.05. The SMILES string of the molecule is CCC#CC(C)S(=O)[O-]. The van der Waals surface area contributed by atoms with Crippen molar-refractivity contribution in [2.24, 2.45) is 0 Å². The van der Waals surface area contributed by atoms with Crippen LogP contribution in [0.4, 0.5) is 0 Å². The predicted octanol–water partition coefficient (Wildman–Crippen LogP) is 0.667. The summed E-state index contributed by atoms with van der Waals surface area (Å²) in [5.41, 5.74) is 0. The Labute approximate surface area is 57.9 Å². The van der Waals surface area contributed by atoms with E-state index in [1.807, 2.05) is 6.92 Å². The summed E-state index contributed by atoms with van der Waals surface area (Å²) in [5.74, 6) is 5.26. The van der Waals surface area contributed by atoms with Crippen molar-refractivity contribution in [1.29, 1.82) is 0 Å². The van der Waals surface area contributed by atoms with Crippen molar-refractivity contribution in [3.63, 3.8) is 0 Å². The van der Waals surface area contributed by atoms with Gasteiger partial charge in [-0.15, -0.1) is 5.92 Å². The molecule has 52 valence electrons. The standard InChI is InChI=1S/C6H10O2S/c1-3-4-5-6(2)9(7)8/h6H,3H2,1-2H3,(H,7,8)/p-1. The Hall–Kier alpha value is -0.330. The molecule has 0 aromatic heterocycles. The average molecular weight is 145 g/mol. The monoisotopic (exact) mass is 145 g/mol. The van der Waals surface area contributed by atoms with Gasteiger partial charge in [0.15, 0.2) is 0 Å². The molecule has 3 heteroatoms. The third kappa shape index (κ3) is 4.19. The quantitative estimate of drug-likeness (QED) is 0.402. The van der Waals surface area contributed by atoms with E-state index in [2.05, 4.69) is 11.8 Å². The lowest BCUT2D eigenvalue weighted by molar-refractivity contribution is 0.533. The van der Waals surface area contributed by atoms with Crippen LogP contribution >= 0.6 is 0 Å². The Morgan fingerprint density at radius 1 is 1.78 bits per heavy atom. The molecule has 0 aliphatic heterocycles. The second kappa shape index (κ2) is 4.54. The molecule has 0 bridgehead atoms. The molecule has 0 aromatic carbocycles. The minimum absolute atomic E-state index is 0.523. The first kappa shape index (κ1) is 8.67. The predicted molar refractivity (Wildman–Crippen MR) is 36.4 cm³/mol. The van der Waals surface area contributed by atoms with Crippen LogP contribution in [0.25, 0.3) is 0 Å². The molecule has 0 N–H and O–H groups in total. The van der Waals surface area contributed by atoms with E-state index in [9.17, 15) is 8.76 Å². The van der Waals surface area contributed by atoms with E-state index < -0.39 is 16.3 Å². The van der Waals surface area contributed by atoms with Crippen LogP contribution in [-0.4, -0.2) is 14.0 Å². The smallest absolute Gasteiger partial charge is 0.0796 e. The van der Waals surface area contributed by atoms with Gasteiger partial charge < -0.3 is 4.55 Å². The van der Waals surface area contributed by atoms with Gasteiger partial charge in [0.05, 0.1) is 5.25 Å². The molecular weight excluding hydrogens is 136 g/mol. The van der Waals surface area contributed by atoms with Gasteiger partial charge in [-0.1, -0.05) is 12.8 Å². The van der Waals surface area contributed by atoms with Gasteiger partial charge in [-0.3, -0.25) is 4.21 Å². The van der Waals surface area contributed by atoms with Crippen molar-refractivity contribution in [2.45, 2.75) is 25.5 Å². The number of hydrogen-bond acceptors (Lipinski definition) is 2. The fraction of sp³-hybridized carbons (Fsp3) is 0.667. The zero-order chi connectivity index (χ0) is 7.28. The number of rotatable bonds is 1. The molecule has 0 radical (unpaired) electrons. The maximum Gasteiger partial charge on any atom is 0.0796 e. The largest absolute Gasteiger partial charge is 0.771 e. The van der Waals surface area contributed by atoms with Crippen molar-refractivity contribution in [2.75, 3.05) is 0 Å². The second-order valence-electron chi connectivity index (χ2n) is 1.58. The Kier molecular flexibility index (Phi) is 4.37. The van der Waals surface area contributed by atoms with E-state index in [0.29, 0.717) is 6.42 Å². The van der Waals surface area contributed by atoms with Crippen LogP contribution in [0.1, 0.15) is 20.3 Å². The van der Waals surface area contributed by atoms with Crippen LogP contribution < -0.4 is 0 Å². The van der Waals surface area contributed by atoms with Crippen molar-refractivity contribution in [3.05, 3.63) is 0 Å². The molecule has 0 rings (SSSR count). The topological polar surface area (TPSA) is 40.1 Å². The molecule has 0 heterocycles. The van der Waals surface area contributed by atoms with E-state index >= 15 is 0 Å². The van der Waals surface area contributed by atoms with Crippen LogP contribution in [0.15, 0.2) is 0 Å². The zero-order valence-electron chi connectivity index (χ0n) is 5.51. The summed E-state index contributed by atoms with van der Waals surface area (Å²) in [4.78, 5) is 0. The second-order valence-corrected chi connectivity index (χ2v) is 2.81. The highest BCUT2D eigenvalue weighted by Gasteiger charge is 1.91. The van der Waals surface area contributed by atoms with Crippen molar-refractivity contribution in [3.8, 4) is 11.8 Å². The summed E-state index contributed by atoms with van der Waals surface area (Å²) in [6.45, 7) is 3.44. The molecule has 0 amide bonds. The third-order valence-corrected chi connectivity index (χ3v) is 1.47. The summed E-state index contributed by atoms with van der Waals surface area (Å²) in [6.07, 6.45) is 0.710. The summed E-state index contributed by atoms with van der Waals surface area (Å²) >= 11 is -2.04. The molecule has 2 atom stereocenters. The molecule has 0 aliphatic rings. The Morgan fingerprint density at radius 2 is 2.33 bits per heavy atom. The van der Waals surface area contributed by atoms with Gasteiger partial charge in [0.1, 0.15) is 0 Å². The Bertz CT molecular complexity index is 154. The van der Waals surface area contributed by atoms with Gasteiger partial charge in [-0.05, 0) is 18.0 Å². The van der Waals surface area contributed by atoms with Crippen LogP contribution in [0.2, 0.25) is 0 Å². The fourth-order valence-corrected chi connectivity index (χ4v) is 0.473. The van der Waals surface area contributed by atoms with E-state index in [0.717, 1.165) is 0 Å². The van der Waals surface area contributed by atoms with Crippen molar-refractivity contribution >= 4 is 11.1 Å². The lowest BCUT2D eigenvalue weighted by Crippen LogP contribution is -2.05. The first-order chi connectivity index (χ1) is 4.18. The van der Waals surface area contributed by atoms with Crippen LogP contribution in [-0.2, 0) is 11.1 Å². The summed E-state index contributed by atoms with van der Waals surface area (Å²) < 4.78 is 20.2. The van der Waals surface area contributed by atoms with Gasteiger partial charge >= 0.3 is 0 Å². The van der Waals surface area contributed by atoms with Crippen LogP contribution in [0.3, 0.4) is 0 Å². The molecule has 2 nitrogen and oxygen atoms in total. The highest BCUT2D eigenvalue weighted by atomic mass is 32.2. The average Bonchev–Trinajstić information content (AvgIpc) is 1.82. The van der Waals surface area contributed by atoms with Gasteiger partial charge in [-0.2, -0.15) is 0 Å². The molecule has 0 fully saturated rings. The number of hydrogen-bond donors (Lipinski definition) is 0. The third-order valence-electron chi connectivity index (χ3n) is 0.771. The van der Waals surface area contributed by atoms with Gasteiger partial charge in [-0.25, -0.2) is 0 Å². The highest BCUT2D eigenvalue weighted by Crippen LogP contribution is 1.87. The van der Waals surface area contributed by atoms with Crippen LogP contribution in [0.5, 0.6) is 0 Å². The molecule has 0 aliphatic carbocycles. The minimum atomic E-state index is -2.04. The van der Waals surface area contributed by atoms with Gasteiger partial charge in [0, 0.05) is 6.42 Å². The summed E-state index contributed by atoms with van der Waals surface area (Å²) in [5, 5.41) is -0.523. The maximum absolute atomic E-state index is 10.1. The van der Waals surface area contributed by atoms with E-state index in [1.54, 1.807) is 6.92 Å². The first-order valence-corrected chi connectivity index (χ1v) is 3.88. The lowest BCUT2D eigenvalue weighted by atomic mass is 10.4. The fourth-order valence-electron chi connectivity index (χ4n) is 0.294. The highest BCUT2D eigenvalue weighted by molar-refractivity contribution is 7.80. The van der Waals surface area contributed by atoms with E-state index in [1.165, 1.54) is 0 Å². The molecule has 0 spiro atoms. The first-order valence-electron chi connectivity index (χ1n) is 2.75. The molecule has 2 unspecified atom stereocenters. The van der Waals surface area contributed by atoms with E-state index in [4.69, 9.17) is 0 Å². The van der Waals surface area contributed by atoms with Crippen LogP contribution in [0, 0.1) is 11.8 Å². The molecule has 9 heavy (non-hydrogen) atoms. The van der Waals surface area contributed by atoms with Crippen molar-refractivity contribution in [1.82, 2.24) is 0 Å². The maximum atomic E-state index is 10.1. The molecular formula is C6H9O2S-. The van der Waals surface area contributed by atoms with Crippen molar-refractivity contribution < 1.29 is 8.76 Å². The Balaban J connectivity index is 3.75. The molecule has 0 saturated heterocycles. The minimum Gasteiger partial charge on any atom is -0.771 e. The Morgan fingerprint density at radius 3 is 2.67 bits per heavy atom. The normalized spacial score (nSPS) is 15.4. The van der Waals surface area contributed by atoms with E-state index in [-0.39, 0.29) is 0 Å². The summed E-state index contributed by atoms with van der Waals surface area (Å²) in [7, 11) is 0. The molecule has 0 aromatic rings. The van der Waals surface area contributed by atoms with Gasteiger partial charge in [0.2, 0.25) is 0 Å². The molecule has 0 saturated carbocycles.